The van der Waals surface area contributed by atoms with E-state index in [0.717, 1.165) is 10.4 Å². The lowest BCUT2D eigenvalue weighted by Crippen LogP contribution is -2.45. The van der Waals surface area contributed by atoms with Gasteiger partial charge in [0.15, 0.2) is 0 Å². The number of rotatable bonds is 9. The summed E-state index contributed by atoms with van der Waals surface area (Å²) in [5.74, 6) is 0.640. The Kier molecular flexibility index (Phi) is 8.36. The minimum atomic E-state index is -4.52. The number of hydrogen-bond donors (Lipinski definition) is 1. The number of amides is 1. The van der Waals surface area contributed by atoms with Crippen molar-refractivity contribution in [3.05, 3.63) is 80.9 Å². The summed E-state index contributed by atoms with van der Waals surface area (Å²) in [6, 6.07) is 12.7. The monoisotopic (exact) mass is 603 g/mol. The molecule has 11 nitrogen and oxygen atoms in total. The molecule has 218 valence electrons. The lowest BCUT2D eigenvalue weighted by atomic mass is 9.89. The van der Waals surface area contributed by atoms with E-state index < -0.39 is 39.0 Å². The molecule has 0 fully saturated rings. The highest BCUT2D eigenvalue weighted by molar-refractivity contribution is 7.92. The van der Waals surface area contributed by atoms with Crippen molar-refractivity contribution in [1.29, 1.82) is 0 Å². The van der Waals surface area contributed by atoms with Crippen LogP contribution in [0.5, 0.6) is 17.2 Å². The van der Waals surface area contributed by atoms with Crippen molar-refractivity contribution in [2.24, 2.45) is 0 Å². The number of hydrogen-bond acceptors (Lipinski definition) is 8. The van der Waals surface area contributed by atoms with E-state index in [0.29, 0.717) is 23.5 Å². The minimum Gasteiger partial charge on any atom is -0.497 e. The van der Waals surface area contributed by atoms with Gasteiger partial charge >= 0.3 is 0 Å². The summed E-state index contributed by atoms with van der Waals surface area (Å²) in [4.78, 5) is 24.1. The molecule has 1 heterocycles. The van der Waals surface area contributed by atoms with E-state index in [1.54, 1.807) is 18.2 Å². The van der Waals surface area contributed by atoms with Gasteiger partial charge in [0.1, 0.15) is 29.4 Å². The van der Waals surface area contributed by atoms with Crippen LogP contribution in [0.25, 0.3) is 0 Å². The zero-order chi connectivity index (χ0) is 30.1. The smallest absolute Gasteiger partial charge is 0.273 e. The number of nitro groups is 1. The van der Waals surface area contributed by atoms with E-state index in [-0.39, 0.29) is 32.6 Å². The van der Waals surface area contributed by atoms with Gasteiger partial charge in [-0.3, -0.25) is 19.2 Å². The second-order valence-corrected chi connectivity index (χ2v) is 12.4. The van der Waals surface area contributed by atoms with Crippen LogP contribution in [-0.2, 0) is 14.8 Å². The molecule has 1 amide bonds. The number of fused-ring (bicyclic) bond motifs is 1. The third-order valence-electron chi connectivity index (χ3n) is 6.68. The summed E-state index contributed by atoms with van der Waals surface area (Å²) in [5, 5.41) is 14.7. The molecular weight excluding hydrogens is 574 g/mol. The Labute approximate surface area is 243 Å². The van der Waals surface area contributed by atoms with Crippen molar-refractivity contribution in [2.45, 2.75) is 43.7 Å². The van der Waals surface area contributed by atoms with Crippen molar-refractivity contribution >= 4 is 38.9 Å². The third kappa shape index (κ3) is 6.33. The van der Waals surface area contributed by atoms with Crippen LogP contribution in [0.1, 0.15) is 37.4 Å². The maximum Gasteiger partial charge on any atom is 0.273 e. The first kappa shape index (κ1) is 29.9. The van der Waals surface area contributed by atoms with Gasteiger partial charge < -0.3 is 19.5 Å². The van der Waals surface area contributed by atoms with Gasteiger partial charge in [0, 0.05) is 34.7 Å². The molecule has 0 spiro atoms. The fraction of sp³-hybridized carbons (Fsp3) is 0.321. The maximum atomic E-state index is 14.0. The van der Waals surface area contributed by atoms with E-state index in [9.17, 15) is 23.3 Å². The van der Waals surface area contributed by atoms with Crippen LogP contribution in [0.2, 0.25) is 5.02 Å². The Morgan fingerprint density at radius 3 is 2.54 bits per heavy atom. The predicted molar refractivity (Wildman–Crippen MR) is 154 cm³/mol. The highest BCUT2D eigenvalue weighted by atomic mass is 35.5. The molecule has 0 aliphatic carbocycles. The number of sulfonamides is 1. The molecule has 1 aliphatic heterocycles. The summed E-state index contributed by atoms with van der Waals surface area (Å²) in [7, 11) is -1.63. The number of carbonyl (C=O) groups is 1. The molecule has 41 heavy (non-hydrogen) atoms. The van der Waals surface area contributed by atoms with E-state index in [1.807, 2.05) is 13.8 Å². The number of methoxy groups -OCH3 is 2. The molecule has 1 atom stereocenters. The summed E-state index contributed by atoms with van der Waals surface area (Å²) in [5.41, 5.74) is -0.0145. The Morgan fingerprint density at radius 2 is 1.88 bits per heavy atom. The number of anilines is 1. The Balaban J connectivity index is 1.75. The first-order valence-electron chi connectivity index (χ1n) is 12.5. The van der Waals surface area contributed by atoms with Crippen molar-refractivity contribution in [3.8, 4) is 17.2 Å². The molecule has 3 aromatic carbocycles. The molecule has 1 unspecified atom stereocenters. The fourth-order valence-corrected chi connectivity index (χ4v) is 6.30. The highest BCUT2D eigenvalue weighted by Gasteiger charge is 2.37. The quantitative estimate of drug-likeness (QED) is 0.261. The van der Waals surface area contributed by atoms with Gasteiger partial charge in [-0.25, -0.2) is 8.42 Å². The van der Waals surface area contributed by atoms with E-state index in [2.05, 4.69) is 5.32 Å². The van der Waals surface area contributed by atoms with Crippen molar-refractivity contribution in [1.82, 2.24) is 5.32 Å². The molecule has 1 aliphatic rings. The van der Waals surface area contributed by atoms with Crippen LogP contribution in [0, 0.1) is 17.0 Å². The molecular formula is C28H30ClN3O8S. The Hall–Kier alpha value is -4.03. The van der Waals surface area contributed by atoms with Crippen molar-refractivity contribution in [2.75, 3.05) is 25.1 Å². The van der Waals surface area contributed by atoms with Gasteiger partial charge in [-0.2, -0.15) is 0 Å². The average Bonchev–Trinajstić information content (AvgIpc) is 2.90. The molecule has 0 radical (unpaired) electrons. The molecule has 3 aromatic rings. The molecule has 0 bridgehead atoms. The van der Waals surface area contributed by atoms with Gasteiger partial charge in [0.2, 0.25) is 5.91 Å². The van der Waals surface area contributed by atoms with Gasteiger partial charge in [-0.05, 0) is 57.2 Å². The van der Waals surface area contributed by atoms with Gasteiger partial charge in [0.05, 0.1) is 35.8 Å². The van der Waals surface area contributed by atoms with Crippen LogP contribution < -0.4 is 23.8 Å². The third-order valence-corrected chi connectivity index (χ3v) is 8.67. The van der Waals surface area contributed by atoms with Crippen molar-refractivity contribution in [3.63, 3.8) is 0 Å². The zero-order valence-electron chi connectivity index (χ0n) is 23.1. The topological polar surface area (TPSA) is 137 Å². The van der Waals surface area contributed by atoms with E-state index in [4.69, 9.17) is 25.8 Å². The Bertz CT molecular complexity index is 1610. The number of halogens is 1. The SMILES string of the molecule is COc1ccc2c(c1)OC(C)(C)CC2NC(=O)CN(c1cc(Cl)ccc1OC)S(=O)(=O)c1ccc(C)c([N+](=O)[O-])c1. The maximum absolute atomic E-state index is 14.0. The number of carbonyl (C=O) groups excluding carboxylic acids is 1. The van der Waals surface area contributed by atoms with Crippen LogP contribution in [-0.4, -0.2) is 45.6 Å². The summed E-state index contributed by atoms with van der Waals surface area (Å²) >= 11 is 6.21. The zero-order valence-corrected chi connectivity index (χ0v) is 24.7. The second-order valence-electron chi connectivity index (χ2n) is 10.1. The largest absolute Gasteiger partial charge is 0.497 e. The standard InChI is InChI=1S/C28H30ClN3O8S/c1-17-6-9-20(14-23(17)32(34)35)41(36,37)31(24-12-18(29)7-11-25(24)39-5)16-27(33)30-22-15-28(2,3)40-26-13-19(38-4)8-10-21(22)26/h6-14,22H,15-16H2,1-5H3,(H,30,33). The predicted octanol–water partition coefficient (Wildman–Crippen LogP) is 5.19. The van der Waals surface area contributed by atoms with Crippen LogP contribution in [0.15, 0.2) is 59.5 Å². The van der Waals surface area contributed by atoms with E-state index >= 15 is 0 Å². The van der Waals surface area contributed by atoms with Crippen LogP contribution in [0.3, 0.4) is 0 Å². The van der Waals surface area contributed by atoms with Crippen LogP contribution in [0.4, 0.5) is 11.4 Å². The van der Waals surface area contributed by atoms with Gasteiger partial charge in [-0.1, -0.05) is 17.7 Å². The molecule has 4 rings (SSSR count). The number of nitro benzene ring substituents is 1. The number of benzene rings is 3. The molecule has 1 N–H and O–H groups in total. The lowest BCUT2D eigenvalue weighted by Gasteiger charge is -2.38. The molecule has 0 saturated heterocycles. The average molecular weight is 604 g/mol. The van der Waals surface area contributed by atoms with E-state index in [1.165, 1.54) is 51.5 Å². The summed E-state index contributed by atoms with van der Waals surface area (Å²) in [6.45, 7) is 4.60. The Morgan fingerprint density at radius 1 is 1.15 bits per heavy atom. The fourth-order valence-electron chi connectivity index (χ4n) is 4.69. The normalized spacial score (nSPS) is 15.7. The summed E-state index contributed by atoms with van der Waals surface area (Å²) < 4.78 is 45.6. The molecule has 0 aromatic heterocycles. The molecule has 13 heteroatoms. The van der Waals surface area contributed by atoms with Gasteiger partial charge in [0.25, 0.3) is 15.7 Å². The first-order valence-corrected chi connectivity index (χ1v) is 14.3. The number of nitrogens with zero attached hydrogens (tertiary/aromatic N) is 2. The number of aryl methyl sites for hydroxylation is 1. The number of ether oxygens (including phenoxy) is 3. The lowest BCUT2D eigenvalue weighted by molar-refractivity contribution is -0.385. The highest BCUT2D eigenvalue weighted by Crippen LogP contribution is 2.41. The first-order chi connectivity index (χ1) is 19.3. The molecule has 0 saturated carbocycles. The minimum absolute atomic E-state index is 0.00387. The number of nitrogens with one attached hydrogen (secondary N) is 1. The van der Waals surface area contributed by atoms with Crippen LogP contribution >= 0.6 is 11.6 Å². The van der Waals surface area contributed by atoms with Crippen molar-refractivity contribution < 1.29 is 32.3 Å². The second kappa shape index (κ2) is 11.5. The summed E-state index contributed by atoms with van der Waals surface area (Å²) in [6.07, 6.45) is 0.412. The van der Waals surface area contributed by atoms with Gasteiger partial charge in [-0.15, -0.1) is 0 Å².